The third-order valence-electron chi connectivity index (χ3n) is 4.70. The first-order valence-corrected chi connectivity index (χ1v) is 9.94. The molecule has 0 amide bonds. The maximum Gasteiger partial charge on any atom is 0.141 e. The van der Waals surface area contributed by atoms with Crippen LogP contribution in [0.1, 0.15) is 27.5 Å². The smallest absolute Gasteiger partial charge is 0.141 e. The van der Waals surface area contributed by atoms with Crippen molar-refractivity contribution in [3.63, 3.8) is 0 Å². The van der Waals surface area contributed by atoms with Crippen LogP contribution in [0.15, 0.2) is 67.0 Å². The van der Waals surface area contributed by atoms with Crippen molar-refractivity contribution >= 4 is 46.6 Å². The molecule has 4 aromatic rings. The van der Waals surface area contributed by atoms with Crippen LogP contribution in [0.2, 0.25) is 5.02 Å². The van der Waals surface area contributed by atoms with Crippen LogP contribution in [-0.4, -0.2) is 9.97 Å². The van der Waals surface area contributed by atoms with Gasteiger partial charge in [-0.15, -0.1) is 6.42 Å². The lowest BCUT2D eigenvalue weighted by Gasteiger charge is -2.16. The Balaban J connectivity index is 1.76. The molecular formula is C24H15ClN4S. The van der Waals surface area contributed by atoms with E-state index in [1.165, 1.54) is 6.33 Å². The number of anilines is 2. The summed E-state index contributed by atoms with van der Waals surface area (Å²) >= 11 is 11.3. The highest BCUT2D eigenvalue weighted by Crippen LogP contribution is 2.37. The number of thiol groups is 1. The van der Waals surface area contributed by atoms with Crippen molar-refractivity contribution in [1.82, 2.24) is 9.97 Å². The first-order chi connectivity index (χ1) is 14.6. The topological polar surface area (TPSA) is 61.6 Å². The lowest BCUT2D eigenvalue weighted by molar-refractivity contribution is 1.16. The third kappa shape index (κ3) is 3.95. The van der Waals surface area contributed by atoms with Gasteiger partial charge in [0.25, 0.3) is 0 Å². The van der Waals surface area contributed by atoms with Crippen molar-refractivity contribution in [2.75, 3.05) is 5.32 Å². The summed E-state index contributed by atoms with van der Waals surface area (Å²) in [5.74, 6) is 3.27. The zero-order valence-corrected chi connectivity index (χ0v) is 17.3. The van der Waals surface area contributed by atoms with E-state index < -0.39 is 0 Å². The van der Waals surface area contributed by atoms with Gasteiger partial charge in [-0.25, -0.2) is 9.97 Å². The molecule has 4 rings (SSSR count). The fourth-order valence-corrected chi connectivity index (χ4v) is 3.88. The molecule has 0 aliphatic carbocycles. The van der Waals surface area contributed by atoms with Crippen LogP contribution >= 0.6 is 24.2 Å². The van der Waals surface area contributed by atoms with Crippen LogP contribution < -0.4 is 5.32 Å². The second kappa shape index (κ2) is 8.47. The molecule has 0 saturated carbocycles. The summed E-state index contributed by atoms with van der Waals surface area (Å²) in [6, 6.07) is 20.7. The fourth-order valence-electron chi connectivity index (χ4n) is 3.15. The van der Waals surface area contributed by atoms with Crippen LogP contribution in [0, 0.1) is 23.7 Å². The van der Waals surface area contributed by atoms with Crippen LogP contribution in [0.25, 0.3) is 10.9 Å². The molecule has 0 saturated heterocycles. The van der Waals surface area contributed by atoms with Crippen LogP contribution in [0.3, 0.4) is 0 Å². The van der Waals surface area contributed by atoms with E-state index in [0.29, 0.717) is 16.4 Å². The number of aromatic nitrogens is 2. The standard InChI is InChI=1S/C24H15ClN4S/c1-2-15-4-3-5-18(10-15)29-24-20-11-19(21(25)12-22(20)27-14-28-24)23(30)17-8-6-16(13-26)7-9-17/h1,3-12,14,23,30H,(H,27,28,29). The van der Waals surface area contributed by atoms with Gasteiger partial charge < -0.3 is 5.32 Å². The van der Waals surface area contributed by atoms with Gasteiger partial charge in [-0.2, -0.15) is 17.9 Å². The lowest BCUT2D eigenvalue weighted by Crippen LogP contribution is -1.99. The van der Waals surface area contributed by atoms with Gasteiger partial charge in [0.05, 0.1) is 22.4 Å². The molecule has 1 aromatic heterocycles. The summed E-state index contributed by atoms with van der Waals surface area (Å²) in [6.07, 6.45) is 6.99. The number of nitriles is 1. The summed E-state index contributed by atoms with van der Waals surface area (Å²) < 4.78 is 0. The Labute approximate surface area is 185 Å². The highest BCUT2D eigenvalue weighted by Gasteiger charge is 2.16. The number of benzene rings is 3. The van der Waals surface area contributed by atoms with E-state index in [2.05, 4.69) is 27.3 Å². The number of nitrogens with one attached hydrogen (secondary N) is 1. The summed E-state index contributed by atoms with van der Waals surface area (Å²) in [4.78, 5) is 8.75. The van der Waals surface area contributed by atoms with Crippen molar-refractivity contribution in [3.8, 4) is 18.4 Å². The zero-order chi connectivity index (χ0) is 21.1. The Bertz CT molecular complexity index is 1320. The molecule has 1 unspecified atom stereocenters. The molecule has 0 aliphatic heterocycles. The van der Waals surface area contributed by atoms with Crippen LogP contribution in [0.4, 0.5) is 11.5 Å². The van der Waals surface area contributed by atoms with Gasteiger partial charge in [0, 0.05) is 21.7 Å². The Morgan fingerprint density at radius 3 is 2.57 bits per heavy atom. The van der Waals surface area contributed by atoms with E-state index in [0.717, 1.165) is 33.3 Å². The van der Waals surface area contributed by atoms with Gasteiger partial charge in [-0.1, -0.05) is 35.7 Å². The van der Waals surface area contributed by atoms with Gasteiger partial charge in [0.1, 0.15) is 12.1 Å². The minimum Gasteiger partial charge on any atom is -0.340 e. The normalized spacial score (nSPS) is 11.5. The predicted molar refractivity (Wildman–Crippen MR) is 124 cm³/mol. The second-order valence-corrected chi connectivity index (χ2v) is 7.52. The molecule has 0 fully saturated rings. The molecule has 30 heavy (non-hydrogen) atoms. The molecule has 0 spiro atoms. The van der Waals surface area contributed by atoms with Crippen LogP contribution in [-0.2, 0) is 0 Å². The van der Waals surface area contributed by atoms with Gasteiger partial charge in [0.2, 0.25) is 0 Å². The van der Waals surface area contributed by atoms with Crippen LogP contribution in [0.5, 0.6) is 0 Å². The lowest BCUT2D eigenvalue weighted by atomic mass is 10.0. The predicted octanol–water partition coefficient (Wildman–Crippen LogP) is 5.90. The summed E-state index contributed by atoms with van der Waals surface area (Å²) in [6.45, 7) is 0. The Hall–Kier alpha value is -3.51. The number of halogens is 1. The van der Waals surface area contributed by atoms with Crippen molar-refractivity contribution in [1.29, 1.82) is 5.26 Å². The molecule has 0 bridgehead atoms. The SMILES string of the molecule is C#Cc1cccc(Nc2ncnc3cc(Cl)c(C(S)c4ccc(C#N)cc4)cc23)c1. The first-order valence-electron chi connectivity index (χ1n) is 9.05. The Morgan fingerprint density at radius 2 is 1.83 bits per heavy atom. The maximum absolute atomic E-state index is 9.01. The molecule has 3 aromatic carbocycles. The molecule has 1 heterocycles. The fraction of sp³-hybridized carbons (Fsp3) is 0.0417. The highest BCUT2D eigenvalue weighted by molar-refractivity contribution is 7.80. The molecule has 4 nitrogen and oxygen atoms in total. The molecule has 144 valence electrons. The Kier molecular flexibility index (Phi) is 5.59. The summed E-state index contributed by atoms with van der Waals surface area (Å²) in [5.41, 5.74) is 4.68. The Morgan fingerprint density at radius 1 is 1.03 bits per heavy atom. The van der Waals surface area contributed by atoms with Crippen molar-refractivity contribution in [3.05, 3.63) is 94.3 Å². The quantitative estimate of drug-likeness (QED) is 0.315. The third-order valence-corrected chi connectivity index (χ3v) is 5.60. The summed E-state index contributed by atoms with van der Waals surface area (Å²) in [7, 11) is 0. The molecule has 1 atom stereocenters. The number of terminal acetylenes is 1. The van der Waals surface area contributed by atoms with E-state index >= 15 is 0 Å². The minimum absolute atomic E-state index is 0.271. The van der Waals surface area contributed by atoms with E-state index in [9.17, 15) is 0 Å². The molecule has 0 radical (unpaired) electrons. The average Bonchev–Trinajstić information content (AvgIpc) is 2.78. The van der Waals surface area contributed by atoms with E-state index in [-0.39, 0.29) is 5.25 Å². The van der Waals surface area contributed by atoms with Crippen molar-refractivity contribution < 1.29 is 0 Å². The average molecular weight is 427 g/mol. The molecular weight excluding hydrogens is 412 g/mol. The molecule has 6 heteroatoms. The van der Waals surface area contributed by atoms with Crippen molar-refractivity contribution in [2.24, 2.45) is 0 Å². The van der Waals surface area contributed by atoms with E-state index in [1.807, 2.05) is 48.5 Å². The molecule has 1 N–H and O–H groups in total. The first kappa shape index (κ1) is 19.8. The largest absolute Gasteiger partial charge is 0.340 e. The van der Waals surface area contributed by atoms with Gasteiger partial charge in [0.15, 0.2) is 0 Å². The number of nitrogens with zero attached hydrogens (tertiary/aromatic N) is 3. The zero-order valence-electron chi connectivity index (χ0n) is 15.7. The van der Waals surface area contributed by atoms with Gasteiger partial charge in [-0.3, -0.25) is 0 Å². The highest BCUT2D eigenvalue weighted by atomic mass is 35.5. The van der Waals surface area contributed by atoms with Crippen molar-refractivity contribution in [2.45, 2.75) is 5.25 Å². The summed E-state index contributed by atoms with van der Waals surface area (Å²) in [5, 5.41) is 13.4. The monoisotopic (exact) mass is 426 g/mol. The maximum atomic E-state index is 9.01. The number of hydrogen-bond acceptors (Lipinski definition) is 5. The van der Waals surface area contributed by atoms with E-state index in [4.69, 9.17) is 35.9 Å². The number of hydrogen-bond donors (Lipinski definition) is 2. The van der Waals surface area contributed by atoms with Gasteiger partial charge >= 0.3 is 0 Å². The number of rotatable bonds is 4. The van der Waals surface area contributed by atoms with E-state index in [1.54, 1.807) is 12.1 Å². The number of fused-ring (bicyclic) bond motifs is 1. The minimum atomic E-state index is -0.271. The van der Waals surface area contributed by atoms with Gasteiger partial charge in [-0.05, 0) is 53.6 Å². The second-order valence-electron chi connectivity index (χ2n) is 6.60. The molecule has 0 aliphatic rings.